The van der Waals surface area contributed by atoms with Gasteiger partial charge in [0.1, 0.15) is 0 Å². The zero-order valence-corrected chi connectivity index (χ0v) is 11.8. The number of hydrogen-bond acceptors (Lipinski definition) is 3. The molecule has 2 aliphatic rings. The number of likely N-dealkylation sites (tertiary alicyclic amines) is 1. The topological polar surface area (TPSA) is 63.4 Å². The lowest BCUT2D eigenvalue weighted by Gasteiger charge is -2.29. The van der Waals surface area contributed by atoms with Crippen LogP contribution in [0.25, 0.3) is 0 Å². The van der Waals surface area contributed by atoms with Gasteiger partial charge in [-0.3, -0.25) is 14.5 Å². The average molecular weight is 268 g/mol. The van der Waals surface area contributed by atoms with E-state index in [2.05, 4.69) is 0 Å². The van der Waals surface area contributed by atoms with E-state index in [0.29, 0.717) is 18.0 Å². The van der Waals surface area contributed by atoms with Crippen LogP contribution in [0.3, 0.4) is 0 Å². The highest BCUT2D eigenvalue weighted by molar-refractivity contribution is 7.80. The Hall–Kier alpha value is -0.970. The van der Waals surface area contributed by atoms with Crippen LogP contribution in [0.5, 0.6) is 0 Å². The van der Waals surface area contributed by atoms with Crippen molar-refractivity contribution in [1.29, 1.82) is 0 Å². The van der Waals surface area contributed by atoms with Gasteiger partial charge in [-0.2, -0.15) is 0 Å². The molecule has 4 nitrogen and oxygen atoms in total. The highest BCUT2D eigenvalue weighted by Gasteiger charge is 2.53. The summed E-state index contributed by atoms with van der Waals surface area (Å²) in [5.41, 5.74) is 4.77. The van der Waals surface area contributed by atoms with E-state index in [0.717, 1.165) is 25.7 Å². The predicted molar refractivity (Wildman–Crippen MR) is 72.8 cm³/mol. The third kappa shape index (κ3) is 2.05. The molecule has 2 fully saturated rings. The minimum atomic E-state index is -0.495. The first-order chi connectivity index (χ1) is 8.28. The van der Waals surface area contributed by atoms with Gasteiger partial charge in [0, 0.05) is 18.4 Å². The minimum Gasteiger partial charge on any atom is -0.393 e. The normalized spacial score (nSPS) is 23.1. The molecular formula is C13H20N2O2S. The van der Waals surface area contributed by atoms with Gasteiger partial charge < -0.3 is 5.73 Å². The Morgan fingerprint density at radius 3 is 2.44 bits per heavy atom. The van der Waals surface area contributed by atoms with Crippen molar-refractivity contribution in [3.63, 3.8) is 0 Å². The lowest BCUT2D eigenvalue weighted by molar-refractivity contribution is -0.142. The molecule has 5 heteroatoms. The lowest BCUT2D eigenvalue weighted by atomic mass is 9.84. The molecule has 100 valence electrons. The van der Waals surface area contributed by atoms with Crippen LogP contribution in [0.4, 0.5) is 0 Å². The summed E-state index contributed by atoms with van der Waals surface area (Å²) in [6.45, 7) is 4.05. The molecule has 1 aliphatic heterocycles. The molecule has 1 spiro atoms. The van der Waals surface area contributed by atoms with E-state index < -0.39 is 10.8 Å². The number of hydrogen-bond donors (Lipinski definition) is 1. The first-order valence-corrected chi connectivity index (χ1v) is 6.84. The van der Waals surface area contributed by atoms with E-state index in [1.165, 1.54) is 4.90 Å². The standard InChI is InChI=1S/C13H20N2O2S/c1-12(2,10(14)18)8-15-9(16)7-13(11(15)17)5-3-4-6-13/h3-8H2,1-2H3,(H2,14,18). The molecule has 0 unspecified atom stereocenters. The smallest absolute Gasteiger partial charge is 0.235 e. The number of imide groups is 1. The van der Waals surface area contributed by atoms with E-state index in [1.54, 1.807) is 0 Å². The summed E-state index contributed by atoms with van der Waals surface area (Å²) in [4.78, 5) is 26.3. The lowest BCUT2D eigenvalue weighted by Crippen LogP contribution is -2.45. The molecule has 2 amide bonds. The van der Waals surface area contributed by atoms with Gasteiger partial charge in [0.25, 0.3) is 0 Å². The molecule has 2 rings (SSSR count). The van der Waals surface area contributed by atoms with Crippen molar-refractivity contribution in [2.75, 3.05) is 6.54 Å². The van der Waals surface area contributed by atoms with Crippen LogP contribution in [-0.2, 0) is 9.59 Å². The third-order valence-electron chi connectivity index (χ3n) is 4.27. The number of amides is 2. The number of carbonyl (C=O) groups excluding carboxylic acids is 2. The predicted octanol–water partition coefficient (Wildman–Crippen LogP) is 1.62. The number of carbonyl (C=O) groups is 2. The molecule has 2 N–H and O–H groups in total. The van der Waals surface area contributed by atoms with E-state index in [-0.39, 0.29) is 11.8 Å². The quantitative estimate of drug-likeness (QED) is 0.624. The summed E-state index contributed by atoms with van der Waals surface area (Å²) in [6, 6.07) is 0. The van der Waals surface area contributed by atoms with Crippen LogP contribution in [-0.4, -0.2) is 28.2 Å². The Kier molecular flexibility index (Phi) is 3.21. The maximum Gasteiger partial charge on any atom is 0.235 e. The van der Waals surface area contributed by atoms with Crippen LogP contribution in [0.2, 0.25) is 0 Å². The van der Waals surface area contributed by atoms with Crippen molar-refractivity contribution < 1.29 is 9.59 Å². The van der Waals surface area contributed by atoms with Crippen molar-refractivity contribution in [2.45, 2.75) is 46.0 Å². The van der Waals surface area contributed by atoms with Crippen molar-refractivity contribution in [1.82, 2.24) is 4.90 Å². The highest BCUT2D eigenvalue weighted by Crippen LogP contribution is 2.47. The van der Waals surface area contributed by atoms with Crippen LogP contribution in [0, 0.1) is 10.8 Å². The Labute approximate surface area is 113 Å². The fraction of sp³-hybridized carbons (Fsp3) is 0.769. The molecule has 0 aromatic carbocycles. The van der Waals surface area contributed by atoms with Gasteiger partial charge in [0.05, 0.1) is 10.4 Å². The van der Waals surface area contributed by atoms with Crippen LogP contribution < -0.4 is 5.73 Å². The molecule has 1 saturated heterocycles. The Morgan fingerprint density at radius 1 is 1.39 bits per heavy atom. The summed E-state index contributed by atoms with van der Waals surface area (Å²) in [6.07, 6.45) is 4.17. The van der Waals surface area contributed by atoms with Crippen molar-refractivity contribution in [2.24, 2.45) is 16.6 Å². The largest absolute Gasteiger partial charge is 0.393 e. The summed E-state index contributed by atoms with van der Waals surface area (Å²) in [5, 5.41) is 0. The highest BCUT2D eigenvalue weighted by atomic mass is 32.1. The molecule has 0 atom stereocenters. The SMILES string of the molecule is CC(C)(CN1C(=O)CC2(CCCC2)C1=O)C(N)=S. The van der Waals surface area contributed by atoms with E-state index in [4.69, 9.17) is 18.0 Å². The summed E-state index contributed by atoms with van der Waals surface area (Å²) < 4.78 is 0. The molecule has 0 radical (unpaired) electrons. The van der Waals surface area contributed by atoms with Gasteiger partial charge in [-0.15, -0.1) is 0 Å². The molecule has 0 bridgehead atoms. The molecule has 1 aliphatic carbocycles. The summed E-state index contributed by atoms with van der Waals surface area (Å²) in [5.74, 6) is -0.0689. The molecule has 18 heavy (non-hydrogen) atoms. The fourth-order valence-corrected chi connectivity index (χ4v) is 3.00. The van der Waals surface area contributed by atoms with Crippen LogP contribution in [0.15, 0.2) is 0 Å². The fourth-order valence-electron chi connectivity index (χ4n) is 2.94. The first kappa shape index (κ1) is 13.5. The third-order valence-corrected chi connectivity index (χ3v) is 4.82. The van der Waals surface area contributed by atoms with Gasteiger partial charge in [-0.25, -0.2) is 0 Å². The van der Waals surface area contributed by atoms with Crippen molar-refractivity contribution in [3.8, 4) is 0 Å². The number of thiocarbonyl (C=S) groups is 1. The molecule has 0 aromatic heterocycles. The molecule has 1 heterocycles. The zero-order chi connectivity index (χ0) is 13.6. The van der Waals surface area contributed by atoms with E-state index >= 15 is 0 Å². The summed E-state index contributed by atoms with van der Waals surface area (Å²) >= 11 is 5.00. The van der Waals surface area contributed by atoms with Crippen molar-refractivity contribution in [3.05, 3.63) is 0 Å². The monoisotopic (exact) mass is 268 g/mol. The average Bonchev–Trinajstić information content (AvgIpc) is 2.81. The number of nitrogens with zero attached hydrogens (tertiary/aromatic N) is 1. The Balaban J connectivity index is 2.18. The summed E-state index contributed by atoms with van der Waals surface area (Å²) in [7, 11) is 0. The Bertz CT molecular complexity index is 411. The Morgan fingerprint density at radius 2 is 1.94 bits per heavy atom. The molecule has 1 saturated carbocycles. The van der Waals surface area contributed by atoms with Gasteiger partial charge in [0.15, 0.2) is 0 Å². The molecule has 0 aromatic rings. The second kappa shape index (κ2) is 4.30. The second-order valence-electron chi connectivity index (χ2n) is 6.20. The maximum atomic E-state index is 12.5. The van der Waals surface area contributed by atoms with Gasteiger partial charge in [-0.05, 0) is 12.8 Å². The van der Waals surface area contributed by atoms with Crippen LogP contribution in [0.1, 0.15) is 46.0 Å². The number of rotatable bonds is 3. The van der Waals surface area contributed by atoms with Gasteiger partial charge in [0.2, 0.25) is 11.8 Å². The van der Waals surface area contributed by atoms with Gasteiger partial charge >= 0.3 is 0 Å². The van der Waals surface area contributed by atoms with Gasteiger partial charge in [-0.1, -0.05) is 38.9 Å². The van der Waals surface area contributed by atoms with E-state index in [9.17, 15) is 9.59 Å². The molecular weight excluding hydrogens is 248 g/mol. The first-order valence-electron chi connectivity index (χ1n) is 6.43. The second-order valence-corrected chi connectivity index (χ2v) is 6.64. The number of nitrogens with two attached hydrogens (primary N) is 1. The minimum absolute atomic E-state index is 0.00525. The zero-order valence-electron chi connectivity index (χ0n) is 11.0. The van der Waals surface area contributed by atoms with Crippen molar-refractivity contribution >= 4 is 29.0 Å². The van der Waals surface area contributed by atoms with Crippen LogP contribution >= 0.6 is 12.2 Å². The van der Waals surface area contributed by atoms with E-state index in [1.807, 2.05) is 13.8 Å². The maximum absolute atomic E-state index is 12.5.